The van der Waals surface area contributed by atoms with Gasteiger partial charge in [-0.2, -0.15) is 0 Å². The van der Waals surface area contributed by atoms with Crippen molar-refractivity contribution >= 4 is 17.6 Å². The molecule has 0 atom stereocenters. The van der Waals surface area contributed by atoms with Gasteiger partial charge in [-0.1, -0.05) is 24.3 Å². The topological polar surface area (TPSA) is 24.4 Å². The number of rotatable bonds is 3. The Balaban J connectivity index is 2.41. The number of aliphatic imine (C=N–C) groups is 1. The van der Waals surface area contributed by atoms with E-state index >= 15 is 0 Å². The third kappa shape index (κ3) is 2.78. The molecule has 0 aliphatic carbocycles. The van der Waals surface area contributed by atoms with Gasteiger partial charge in [-0.05, 0) is 24.6 Å². The molecule has 98 valence electrons. The lowest BCUT2D eigenvalue weighted by Gasteiger charge is -2.08. The van der Waals surface area contributed by atoms with Gasteiger partial charge in [0.2, 0.25) is 0 Å². The van der Waals surface area contributed by atoms with Gasteiger partial charge in [-0.25, -0.2) is 13.8 Å². The highest BCUT2D eigenvalue weighted by molar-refractivity contribution is 5.90. The van der Waals surface area contributed by atoms with E-state index in [4.69, 9.17) is 0 Å². The predicted molar refractivity (Wildman–Crippen MR) is 74.3 cm³/mol. The number of hydrogen-bond acceptors (Lipinski definition) is 2. The first-order valence-corrected chi connectivity index (χ1v) is 5.89. The van der Waals surface area contributed by atoms with Crippen LogP contribution in [0.3, 0.4) is 0 Å². The predicted octanol–water partition coefficient (Wildman–Crippen LogP) is 4.07. The van der Waals surface area contributed by atoms with Crippen LogP contribution in [-0.4, -0.2) is 13.3 Å². The Labute approximate surface area is 110 Å². The van der Waals surface area contributed by atoms with Gasteiger partial charge in [0.15, 0.2) is 11.6 Å². The van der Waals surface area contributed by atoms with Gasteiger partial charge in [0.25, 0.3) is 0 Å². The molecular weight excluding hydrogens is 246 g/mol. The summed E-state index contributed by atoms with van der Waals surface area (Å²) in [5.41, 5.74) is 2.44. The van der Waals surface area contributed by atoms with Gasteiger partial charge >= 0.3 is 0 Å². The van der Waals surface area contributed by atoms with Gasteiger partial charge in [-0.3, -0.25) is 0 Å². The second kappa shape index (κ2) is 5.61. The fraction of sp³-hybridized carbons (Fsp3) is 0.133. The second-order valence-corrected chi connectivity index (χ2v) is 4.12. The number of nitrogens with one attached hydrogen (secondary N) is 1. The Morgan fingerprint density at radius 2 is 1.68 bits per heavy atom. The Bertz CT molecular complexity index is 601. The Morgan fingerprint density at radius 3 is 2.32 bits per heavy atom. The van der Waals surface area contributed by atoms with E-state index in [2.05, 4.69) is 10.3 Å². The highest BCUT2D eigenvalue weighted by atomic mass is 19.1. The zero-order chi connectivity index (χ0) is 13.8. The molecule has 2 rings (SSSR count). The molecule has 0 spiro atoms. The fourth-order valence-corrected chi connectivity index (χ4v) is 1.89. The molecule has 2 aromatic carbocycles. The van der Waals surface area contributed by atoms with Gasteiger partial charge in [-0.15, -0.1) is 0 Å². The van der Waals surface area contributed by atoms with E-state index < -0.39 is 11.6 Å². The van der Waals surface area contributed by atoms with Crippen molar-refractivity contribution in [2.45, 2.75) is 6.92 Å². The zero-order valence-corrected chi connectivity index (χ0v) is 10.7. The number of anilines is 1. The fourth-order valence-electron chi connectivity index (χ4n) is 1.89. The summed E-state index contributed by atoms with van der Waals surface area (Å²) in [4.78, 5) is 3.91. The third-order valence-corrected chi connectivity index (χ3v) is 2.83. The summed E-state index contributed by atoms with van der Waals surface area (Å²) in [6.07, 6.45) is 1.46. The van der Waals surface area contributed by atoms with Crippen molar-refractivity contribution in [2.24, 2.45) is 4.99 Å². The highest BCUT2D eigenvalue weighted by Gasteiger charge is 2.06. The van der Waals surface area contributed by atoms with E-state index in [1.54, 1.807) is 7.05 Å². The molecule has 0 aliphatic rings. The maximum atomic E-state index is 13.4. The Hall–Kier alpha value is -2.23. The molecule has 0 heterocycles. The Kier molecular flexibility index (Phi) is 3.90. The van der Waals surface area contributed by atoms with Crippen LogP contribution in [0, 0.1) is 18.6 Å². The van der Waals surface area contributed by atoms with Crippen LogP contribution in [0.1, 0.15) is 11.1 Å². The van der Waals surface area contributed by atoms with E-state index in [1.807, 2.05) is 25.1 Å². The van der Waals surface area contributed by atoms with Crippen LogP contribution in [0.25, 0.3) is 0 Å². The molecule has 4 heteroatoms. The van der Waals surface area contributed by atoms with Gasteiger partial charge < -0.3 is 5.32 Å². The van der Waals surface area contributed by atoms with Crippen molar-refractivity contribution in [1.29, 1.82) is 0 Å². The van der Waals surface area contributed by atoms with E-state index in [-0.39, 0.29) is 5.69 Å². The summed E-state index contributed by atoms with van der Waals surface area (Å²) < 4.78 is 26.9. The van der Waals surface area contributed by atoms with Crippen molar-refractivity contribution in [3.63, 3.8) is 0 Å². The summed E-state index contributed by atoms with van der Waals surface area (Å²) >= 11 is 0. The number of benzene rings is 2. The molecule has 0 radical (unpaired) electrons. The van der Waals surface area contributed by atoms with Crippen molar-refractivity contribution in [1.82, 2.24) is 0 Å². The summed E-state index contributed by atoms with van der Waals surface area (Å²) in [7, 11) is 1.79. The maximum Gasteiger partial charge on any atom is 0.151 e. The van der Waals surface area contributed by atoms with Crippen LogP contribution < -0.4 is 5.32 Å². The highest BCUT2D eigenvalue weighted by Crippen LogP contribution is 2.23. The average molecular weight is 260 g/mol. The van der Waals surface area contributed by atoms with Crippen LogP contribution in [0.2, 0.25) is 0 Å². The SMILES string of the molecule is CNc1c(C)cccc1C=Nc1c(F)cccc1F. The first kappa shape index (κ1) is 13.2. The molecule has 0 fully saturated rings. The van der Waals surface area contributed by atoms with Gasteiger partial charge in [0.05, 0.1) is 0 Å². The average Bonchev–Trinajstić information content (AvgIpc) is 2.38. The number of nitrogens with zero attached hydrogens (tertiary/aromatic N) is 1. The molecule has 19 heavy (non-hydrogen) atoms. The first-order valence-electron chi connectivity index (χ1n) is 5.89. The van der Waals surface area contributed by atoms with Crippen LogP contribution in [0.4, 0.5) is 20.2 Å². The number of hydrogen-bond donors (Lipinski definition) is 1. The standard InChI is InChI=1S/C15H14F2N2/c1-10-5-3-6-11(14(10)18-2)9-19-15-12(16)7-4-8-13(15)17/h3-9,18H,1-2H3. The minimum Gasteiger partial charge on any atom is -0.387 e. The van der Waals surface area contributed by atoms with Crippen molar-refractivity contribution < 1.29 is 8.78 Å². The van der Waals surface area contributed by atoms with Crippen molar-refractivity contribution in [3.8, 4) is 0 Å². The lowest BCUT2D eigenvalue weighted by Crippen LogP contribution is -1.97. The van der Waals surface area contributed by atoms with Crippen LogP contribution in [0.5, 0.6) is 0 Å². The quantitative estimate of drug-likeness (QED) is 0.827. The molecule has 1 N–H and O–H groups in total. The van der Waals surface area contributed by atoms with Gasteiger partial charge in [0, 0.05) is 24.5 Å². The smallest absolute Gasteiger partial charge is 0.151 e. The van der Waals surface area contributed by atoms with E-state index in [0.717, 1.165) is 16.8 Å². The molecule has 0 amide bonds. The van der Waals surface area contributed by atoms with Crippen molar-refractivity contribution in [3.05, 3.63) is 59.2 Å². The van der Waals surface area contributed by atoms with E-state index in [9.17, 15) is 8.78 Å². The lowest BCUT2D eigenvalue weighted by molar-refractivity contribution is 0.587. The molecule has 0 bridgehead atoms. The first-order chi connectivity index (χ1) is 9.13. The third-order valence-electron chi connectivity index (χ3n) is 2.83. The van der Waals surface area contributed by atoms with E-state index in [0.29, 0.717) is 0 Å². The number of para-hydroxylation sites is 2. The summed E-state index contributed by atoms with van der Waals surface area (Å²) in [5, 5.41) is 3.05. The number of aryl methyl sites for hydroxylation is 1. The largest absolute Gasteiger partial charge is 0.387 e. The molecule has 2 nitrogen and oxygen atoms in total. The molecule has 0 saturated carbocycles. The van der Waals surface area contributed by atoms with Crippen LogP contribution >= 0.6 is 0 Å². The minimum atomic E-state index is -0.671. The lowest BCUT2D eigenvalue weighted by atomic mass is 10.1. The second-order valence-electron chi connectivity index (χ2n) is 4.12. The Morgan fingerprint density at radius 1 is 1.05 bits per heavy atom. The number of halogens is 2. The molecule has 0 saturated heterocycles. The molecule has 0 aliphatic heterocycles. The minimum absolute atomic E-state index is 0.272. The molecule has 0 aromatic heterocycles. The summed E-state index contributed by atoms with van der Waals surface area (Å²) in [6.45, 7) is 1.95. The van der Waals surface area contributed by atoms with E-state index in [1.165, 1.54) is 24.4 Å². The normalized spacial score (nSPS) is 10.9. The van der Waals surface area contributed by atoms with Crippen LogP contribution in [-0.2, 0) is 0 Å². The molecular formula is C15H14F2N2. The molecule has 0 unspecified atom stereocenters. The summed E-state index contributed by atoms with van der Waals surface area (Å²) in [5.74, 6) is -1.34. The summed E-state index contributed by atoms with van der Waals surface area (Å²) in [6, 6.07) is 9.34. The maximum absolute atomic E-state index is 13.4. The molecule has 2 aromatic rings. The van der Waals surface area contributed by atoms with Gasteiger partial charge in [0.1, 0.15) is 5.69 Å². The monoisotopic (exact) mass is 260 g/mol. The zero-order valence-electron chi connectivity index (χ0n) is 10.7. The van der Waals surface area contributed by atoms with Crippen molar-refractivity contribution in [2.75, 3.05) is 12.4 Å². The van der Waals surface area contributed by atoms with Crippen LogP contribution in [0.15, 0.2) is 41.4 Å².